The Labute approximate surface area is 236 Å². The fourth-order valence-electron chi connectivity index (χ4n) is 3.82. The van der Waals surface area contributed by atoms with E-state index >= 15 is 0 Å². The molecule has 0 saturated carbocycles. The number of nitrogens with two attached hydrogens (primary N) is 1. The van der Waals surface area contributed by atoms with Gasteiger partial charge in [-0.2, -0.15) is 0 Å². The fourth-order valence-corrected chi connectivity index (χ4v) is 3.82. The number of alkyl carbamates (subject to hydrolysis) is 1. The summed E-state index contributed by atoms with van der Waals surface area (Å²) in [5, 5.41) is 5.24. The number of hydrogen-bond acceptors (Lipinski definition) is 7. The molecular formula is C29H42N4O7. The molecule has 2 unspecified atom stereocenters. The van der Waals surface area contributed by atoms with Crippen LogP contribution < -0.4 is 16.4 Å². The van der Waals surface area contributed by atoms with Crippen LogP contribution in [0.5, 0.6) is 0 Å². The Morgan fingerprint density at radius 1 is 1.10 bits per heavy atom. The van der Waals surface area contributed by atoms with E-state index in [0.29, 0.717) is 24.0 Å². The van der Waals surface area contributed by atoms with Gasteiger partial charge >= 0.3 is 12.1 Å². The van der Waals surface area contributed by atoms with Gasteiger partial charge in [0.25, 0.3) is 0 Å². The molecule has 0 radical (unpaired) electrons. The second-order valence-corrected chi connectivity index (χ2v) is 10.1. The molecule has 0 aliphatic rings. The van der Waals surface area contributed by atoms with Crippen LogP contribution in [0.3, 0.4) is 0 Å². The number of benzene rings is 1. The lowest BCUT2D eigenvalue weighted by Crippen LogP contribution is -2.53. The standard InChI is InChI=1S/C29H42N4O7/c1-7-10-19-33(27(37)22(15-16-23(30)34)32-28(38)40-29(4,5)6)25(21-14-12-11-13-20(21)8-2)26(36)31-18-17-24(35)39-9-3/h2,11-14,22,25H,7,9-10,15-19H2,1,3-6H3,(H2,30,34)(H,31,36)(H,32,38). The Kier molecular flexibility index (Phi) is 14.3. The molecule has 1 rings (SSSR count). The number of terminal acetylenes is 1. The van der Waals surface area contributed by atoms with Gasteiger partial charge in [-0.15, -0.1) is 6.42 Å². The summed E-state index contributed by atoms with van der Waals surface area (Å²) in [7, 11) is 0. The number of esters is 1. The minimum Gasteiger partial charge on any atom is -0.466 e. The number of rotatable bonds is 15. The maximum Gasteiger partial charge on any atom is 0.408 e. The van der Waals surface area contributed by atoms with Crippen molar-refractivity contribution < 1.29 is 33.4 Å². The average molecular weight is 559 g/mol. The molecule has 1 aromatic rings. The summed E-state index contributed by atoms with van der Waals surface area (Å²) in [5.41, 5.74) is 5.30. The smallest absolute Gasteiger partial charge is 0.408 e. The van der Waals surface area contributed by atoms with Gasteiger partial charge in [0.2, 0.25) is 17.7 Å². The molecular weight excluding hydrogens is 516 g/mol. The normalized spacial score (nSPS) is 12.3. The van der Waals surface area contributed by atoms with E-state index in [-0.39, 0.29) is 39.0 Å². The van der Waals surface area contributed by atoms with Crippen LogP contribution in [0.15, 0.2) is 24.3 Å². The van der Waals surface area contributed by atoms with Gasteiger partial charge in [-0.25, -0.2) is 4.79 Å². The van der Waals surface area contributed by atoms with E-state index in [0.717, 1.165) is 0 Å². The third kappa shape index (κ3) is 11.8. The van der Waals surface area contributed by atoms with Gasteiger partial charge in [0.05, 0.1) is 13.0 Å². The predicted octanol–water partition coefficient (Wildman–Crippen LogP) is 2.57. The number of unbranched alkanes of at least 4 members (excludes halogenated alkanes) is 1. The predicted molar refractivity (Wildman–Crippen MR) is 150 cm³/mol. The topological polar surface area (TPSA) is 157 Å². The lowest BCUT2D eigenvalue weighted by Gasteiger charge is -2.35. The minimum atomic E-state index is -1.22. The van der Waals surface area contributed by atoms with Gasteiger partial charge in [0, 0.05) is 25.1 Å². The van der Waals surface area contributed by atoms with E-state index in [2.05, 4.69) is 16.6 Å². The van der Waals surface area contributed by atoms with Gasteiger partial charge in [-0.05, 0) is 52.2 Å². The molecule has 11 heteroatoms. The first-order chi connectivity index (χ1) is 18.8. The number of nitrogens with zero attached hydrogens (tertiary/aromatic N) is 1. The van der Waals surface area contributed by atoms with Crippen LogP contribution in [-0.2, 0) is 28.7 Å². The van der Waals surface area contributed by atoms with Crippen LogP contribution in [0, 0.1) is 12.3 Å². The van der Waals surface area contributed by atoms with Crippen molar-refractivity contribution >= 4 is 29.8 Å². The number of amides is 4. The van der Waals surface area contributed by atoms with Crippen molar-refractivity contribution in [3.8, 4) is 12.3 Å². The Bertz CT molecular complexity index is 1070. The molecule has 4 N–H and O–H groups in total. The summed E-state index contributed by atoms with van der Waals surface area (Å²) in [6.07, 6.45) is 5.75. The number of ether oxygens (including phenoxy) is 2. The maximum atomic E-state index is 14.0. The highest BCUT2D eigenvalue weighted by molar-refractivity contribution is 5.93. The molecule has 0 aromatic heterocycles. The zero-order valence-corrected chi connectivity index (χ0v) is 24.1. The maximum absolute atomic E-state index is 14.0. The SMILES string of the molecule is C#Cc1ccccc1C(C(=O)NCCC(=O)OCC)N(CCCC)C(=O)C(CCC(N)=O)NC(=O)OC(C)(C)C. The molecule has 0 bridgehead atoms. The molecule has 0 heterocycles. The highest BCUT2D eigenvalue weighted by Gasteiger charge is 2.37. The van der Waals surface area contributed by atoms with Crippen molar-refractivity contribution in [1.82, 2.24) is 15.5 Å². The van der Waals surface area contributed by atoms with Crippen molar-refractivity contribution in [3.63, 3.8) is 0 Å². The zero-order valence-electron chi connectivity index (χ0n) is 24.1. The van der Waals surface area contributed by atoms with Crippen molar-refractivity contribution in [1.29, 1.82) is 0 Å². The van der Waals surface area contributed by atoms with Crippen LogP contribution in [0.1, 0.15) is 83.9 Å². The van der Waals surface area contributed by atoms with Crippen LogP contribution in [0.25, 0.3) is 0 Å². The second kappa shape index (κ2) is 16.8. The molecule has 0 fully saturated rings. The number of carbonyl (C=O) groups is 5. The molecule has 0 aliphatic heterocycles. The lowest BCUT2D eigenvalue weighted by atomic mass is 9.96. The minimum absolute atomic E-state index is 0.0243. The Morgan fingerprint density at radius 2 is 1.77 bits per heavy atom. The van der Waals surface area contributed by atoms with E-state index in [4.69, 9.17) is 21.6 Å². The summed E-state index contributed by atoms with van der Waals surface area (Å²) in [4.78, 5) is 65.0. The summed E-state index contributed by atoms with van der Waals surface area (Å²) >= 11 is 0. The van der Waals surface area contributed by atoms with Crippen molar-refractivity contribution in [2.75, 3.05) is 19.7 Å². The Hall–Kier alpha value is -4.07. The molecule has 40 heavy (non-hydrogen) atoms. The van der Waals surface area contributed by atoms with Crippen molar-refractivity contribution in [3.05, 3.63) is 35.4 Å². The molecule has 1 aromatic carbocycles. The first-order valence-electron chi connectivity index (χ1n) is 13.4. The molecule has 4 amide bonds. The third-order valence-electron chi connectivity index (χ3n) is 5.61. The molecule has 0 spiro atoms. The second-order valence-electron chi connectivity index (χ2n) is 10.1. The van der Waals surface area contributed by atoms with E-state index in [1.54, 1.807) is 52.0 Å². The average Bonchev–Trinajstić information content (AvgIpc) is 2.87. The number of nitrogens with one attached hydrogen (secondary N) is 2. The largest absolute Gasteiger partial charge is 0.466 e. The van der Waals surface area contributed by atoms with E-state index < -0.39 is 47.5 Å². The molecule has 2 atom stereocenters. The number of primary amides is 1. The van der Waals surface area contributed by atoms with Gasteiger partial charge in [-0.3, -0.25) is 19.2 Å². The van der Waals surface area contributed by atoms with Crippen LogP contribution in [0.4, 0.5) is 4.79 Å². The van der Waals surface area contributed by atoms with E-state index in [1.165, 1.54) is 4.90 Å². The Morgan fingerprint density at radius 3 is 2.35 bits per heavy atom. The third-order valence-corrected chi connectivity index (χ3v) is 5.61. The lowest BCUT2D eigenvalue weighted by molar-refractivity contribution is -0.144. The van der Waals surface area contributed by atoms with Gasteiger partial charge in [0.15, 0.2) is 0 Å². The van der Waals surface area contributed by atoms with Crippen LogP contribution in [-0.4, -0.2) is 66.0 Å². The van der Waals surface area contributed by atoms with E-state index in [1.807, 2.05) is 6.92 Å². The quantitative estimate of drug-likeness (QED) is 0.221. The van der Waals surface area contributed by atoms with Gasteiger partial charge in [-0.1, -0.05) is 37.5 Å². The first-order valence-corrected chi connectivity index (χ1v) is 13.4. The van der Waals surface area contributed by atoms with Crippen LogP contribution >= 0.6 is 0 Å². The summed E-state index contributed by atoms with van der Waals surface area (Å²) in [6.45, 7) is 8.96. The summed E-state index contributed by atoms with van der Waals surface area (Å²) in [6, 6.07) is 4.31. The molecule has 0 aliphatic carbocycles. The van der Waals surface area contributed by atoms with Crippen molar-refractivity contribution in [2.24, 2.45) is 5.73 Å². The zero-order chi connectivity index (χ0) is 30.3. The summed E-state index contributed by atoms with van der Waals surface area (Å²) in [5.74, 6) is 0.242. The number of hydrogen-bond donors (Lipinski definition) is 3. The highest BCUT2D eigenvalue weighted by atomic mass is 16.6. The number of carbonyl (C=O) groups excluding carboxylic acids is 5. The van der Waals surface area contributed by atoms with E-state index in [9.17, 15) is 24.0 Å². The van der Waals surface area contributed by atoms with Crippen LogP contribution in [0.2, 0.25) is 0 Å². The Balaban J connectivity index is 3.51. The molecule has 0 saturated heterocycles. The fraction of sp³-hybridized carbons (Fsp3) is 0.552. The van der Waals surface area contributed by atoms with Gasteiger partial charge in [0.1, 0.15) is 17.7 Å². The molecule has 11 nitrogen and oxygen atoms in total. The highest BCUT2D eigenvalue weighted by Crippen LogP contribution is 2.27. The van der Waals surface area contributed by atoms with Gasteiger partial charge < -0.3 is 30.7 Å². The van der Waals surface area contributed by atoms with Crippen molar-refractivity contribution in [2.45, 2.75) is 84.4 Å². The molecule has 220 valence electrons. The first kappa shape index (κ1) is 34.0. The summed E-state index contributed by atoms with van der Waals surface area (Å²) < 4.78 is 10.2. The monoisotopic (exact) mass is 558 g/mol.